The van der Waals surface area contributed by atoms with Gasteiger partial charge in [-0.2, -0.15) is 0 Å². The van der Waals surface area contributed by atoms with Gasteiger partial charge in [0.2, 0.25) is 5.91 Å². The van der Waals surface area contributed by atoms with Crippen LogP contribution in [0.25, 0.3) is 10.8 Å². The molecule has 0 fully saturated rings. The van der Waals surface area contributed by atoms with Crippen molar-refractivity contribution >= 4 is 40.0 Å². The van der Waals surface area contributed by atoms with Crippen LogP contribution in [0.1, 0.15) is 46.6 Å². The van der Waals surface area contributed by atoms with Crippen LogP contribution in [0.5, 0.6) is 0 Å². The van der Waals surface area contributed by atoms with Crippen molar-refractivity contribution in [3.8, 4) is 0 Å². The van der Waals surface area contributed by atoms with Crippen LogP contribution in [-0.4, -0.2) is 40.5 Å². The topological polar surface area (TPSA) is 94.5 Å². The number of rotatable bonds is 8. The van der Waals surface area contributed by atoms with Gasteiger partial charge >= 0.3 is 5.97 Å². The highest BCUT2D eigenvalue weighted by Crippen LogP contribution is 2.19. The number of alkyl halides is 1. The Morgan fingerprint density at radius 2 is 1.90 bits per heavy atom. The quantitative estimate of drug-likeness (QED) is 0.620. The van der Waals surface area contributed by atoms with E-state index in [4.69, 9.17) is 16.3 Å². The van der Waals surface area contributed by atoms with E-state index in [1.807, 2.05) is 0 Å². The van der Waals surface area contributed by atoms with E-state index in [0.717, 1.165) is 0 Å². The molecule has 1 aromatic heterocycles. The van der Waals surface area contributed by atoms with Crippen LogP contribution < -0.4 is 10.9 Å². The summed E-state index contributed by atoms with van der Waals surface area (Å²) in [6.07, 6.45) is 1.19. The monoisotopic (exact) mass is 452 g/mol. The lowest BCUT2D eigenvalue weighted by atomic mass is 10.1. The largest absolute Gasteiger partial charge is 0.460 e. The fourth-order valence-corrected chi connectivity index (χ4v) is 3.31. The van der Waals surface area contributed by atoms with Crippen LogP contribution in [0.4, 0.5) is 4.39 Å². The molecule has 1 unspecified atom stereocenters. The number of carbonyl (C=O) groups is 3. The summed E-state index contributed by atoms with van der Waals surface area (Å²) in [7, 11) is 0. The molecule has 0 radical (unpaired) electrons. The molecule has 168 valence electrons. The van der Waals surface area contributed by atoms with E-state index in [-0.39, 0.29) is 6.42 Å². The number of ether oxygens (including phenoxy) is 1. The van der Waals surface area contributed by atoms with Gasteiger partial charge in [0, 0.05) is 16.6 Å². The number of pyridine rings is 1. The molecular weight excluding hydrogens is 427 g/mol. The van der Waals surface area contributed by atoms with E-state index >= 15 is 0 Å². The van der Waals surface area contributed by atoms with Crippen molar-refractivity contribution in [2.24, 2.45) is 0 Å². The van der Waals surface area contributed by atoms with Crippen molar-refractivity contribution in [1.29, 1.82) is 0 Å². The molecule has 0 bridgehead atoms. The first-order chi connectivity index (χ1) is 14.5. The lowest BCUT2D eigenvalue weighted by Gasteiger charge is -2.24. The number of nitrogens with one attached hydrogen (secondary N) is 1. The highest BCUT2D eigenvalue weighted by molar-refractivity contribution is 6.31. The molecule has 9 heteroatoms. The number of esters is 1. The summed E-state index contributed by atoms with van der Waals surface area (Å²) in [5, 5.41) is 3.79. The van der Waals surface area contributed by atoms with E-state index in [1.165, 1.54) is 16.8 Å². The highest BCUT2D eigenvalue weighted by Gasteiger charge is 2.30. The zero-order chi connectivity index (χ0) is 23.3. The van der Waals surface area contributed by atoms with Crippen LogP contribution >= 0.6 is 11.6 Å². The number of ketones is 1. The molecular formula is C22H26ClFN2O5. The number of hydrogen-bond donors (Lipinski definition) is 1. The standard InChI is InChI=1S/C22H26ClFN2O5/c1-5-17(26-9-8-13-6-7-14(23)10-15(13)21(26)30)20(29)25-16(18(27)12-24)11-19(28)31-22(2,3)4/h6-10,16-17H,5,11-12H2,1-4H3,(H,25,29)/t16-,17?/m0/s1. The molecule has 0 saturated carbocycles. The van der Waals surface area contributed by atoms with Crippen LogP contribution in [-0.2, 0) is 19.1 Å². The average molecular weight is 453 g/mol. The maximum atomic E-state index is 13.0. The fraction of sp³-hybridized carbons (Fsp3) is 0.455. The second-order valence-electron chi connectivity index (χ2n) is 8.14. The summed E-state index contributed by atoms with van der Waals surface area (Å²) < 4.78 is 19.4. The van der Waals surface area contributed by atoms with Crippen molar-refractivity contribution in [2.45, 2.75) is 58.2 Å². The van der Waals surface area contributed by atoms with Gasteiger partial charge in [-0.3, -0.25) is 19.2 Å². The van der Waals surface area contributed by atoms with Crippen LogP contribution in [0.3, 0.4) is 0 Å². The van der Waals surface area contributed by atoms with Gasteiger partial charge in [-0.05, 0) is 50.8 Å². The summed E-state index contributed by atoms with van der Waals surface area (Å²) in [6, 6.07) is 4.17. The molecule has 0 aliphatic rings. The van der Waals surface area contributed by atoms with Gasteiger partial charge in [-0.1, -0.05) is 24.6 Å². The van der Waals surface area contributed by atoms with Gasteiger partial charge in [-0.25, -0.2) is 4.39 Å². The van der Waals surface area contributed by atoms with Gasteiger partial charge in [0.05, 0.1) is 6.42 Å². The second kappa shape index (κ2) is 10.0. The number of halogens is 2. The number of hydrogen-bond acceptors (Lipinski definition) is 5. The van der Waals surface area contributed by atoms with Crippen molar-refractivity contribution in [3.05, 3.63) is 45.8 Å². The summed E-state index contributed by atoms with van der Waals surface area (Å²) in [5.74, 6) is -2.38. The molecule has 0 aliphatic heterocycles. The van der Waals surface area contributed by atoms with Gasteiger partial charge in [0.1, 0.15) is 24.4 Å². The number of aromatic nitrogens is 1. The normalized spacial score (nSPS) is 13.5. The molecule has 7 nitrogen and oxygen atoms in total. The van der Waals surface area contributed by atoms with Gasteiger partial charge in [0.25, 0.3) is 5.56 Å². The number of benzene rings is 1. The molecule has 1 amide bonds. The molecule has 2 atom stereocenters. The van der Waals surface area contributed by atoms with Crippen molar-refractivity contribution < 1.29 is 23.5 Å². The van der Waals surface area contributed by atoms with E-state index in [1.54, 1.807) is 45.9 Å². The molecule has 1 N–H and O–H groups in total. The molecule has 1 aromatic carbocycles. The number of carbonyl (C=O) groups excluding carboxylic acids is 3. The van der Waals surface area contributed by atoms with E-state index in [9.17, 15) is 23.6 Å². The smallest absolute Gasteiger partial charge is 0.308 e. The minimum atomic E-state index is -1.40. The SMILES string of the molecule is CCC(C(=O)N[C@@H](CC(=O)OC(C)(C)C)C(=O)CF)n1ccc2ccc(Cl)cc2c1=O. The Labute approximate surface area is 184 Å². The fourth-order valence-electron chi connectivity index (χ4n) is 3.14. The zero-order valence-electron chi connectivity index (χ0n) is 17.9. The maximum Gasteiger partial charge on any atom is 0.308 e. The van der Waals surface area contributed by atoms with Crippen molar-refractivity contribution in [2.75, 3.05) is 6.67 Å². The van der Waals surface area contributed by atoms with Crippen molar-refractivity contribution in [3.63, 3.8) is 0 Å². The van der Waals surface area contributed by atoms with Gasteiger partial charge < -0.3 is 14.6 Å². The van der Waals surface area contributed by atoms with Crippen molar-refractivity contribution in [1.82, 2.24) is 9.88 Å². The van der Waals surface area contributed by atoms with E-state index < -0.39 is 54.0 Å². The number of nitrogens with zero attached hydrogens (tertiary/aromatic N) is 1. The Kier molecular flexibility index (Phi) is 7.95. The minimum Gasteiger partial charge on any atom is -0.460 e. The molecule has 0 saturated heterocycles. The third kappa shape index (κ3) is 6.37. The summed E-state index contributed by atoms with van der Waals surface area (Å²) in [4.78, 5) is 49.9. The predicted molar refractivity (Wildman–Crippen MR) is 116 cm³/mol. The number of Topliss-reactive ketones (excluding diaryl/α,β-unsaturated/α-hetero) is 1. The molecule has 0 spiro atoms. The molecule has 31 heavy (non-hydrogen) atoms. The Bertz CT molecular complexity index is 1040. The third-order valence-electron chi connectivity index (χ3n) is 4.55. The van der Waals surface area contributed by atoms with Crippen LogP contribution in [0.2, 0.25) is 5.02 Å². The van der Waals surface area contributed by atoms with Gasteiger partial charge in [0.15, 0.2) is 5.78 Å². The number of amides is 1. The highest BCUT2D eigenvalue weighted by atomic mass is 35.5. The Hall–Kier alpha value is -2.74. The Morgan fingerprint density at radius 1 is 1.23 bits per heavy atom. The first kappa shape index (κ1) is 24.5. The van der Waals surface area contributed by atoms with Crippen LogP contribution in [0.15, 0.2) is 35.3 Å². The van der Waals surface area contributed by atoms with Gasteiger partial charge in [-0.15, -0.1) is 0 Å². The van der Waals surface area contributed by atoms with E-state index in [2.05, 4.69) is 5.32 Å². The summed E-state index contributed by atoms with van der Waals surface area (Å²) >= 11 is 5.99. The summed E-state index contributed by atoms with van der Waals surface area (Å²) in [6.45, 7) is 5.31. The summed E-state index contributed by atoms with van der Waals surface area (Å²) in [5.41, 5.74) is -1.22. The molecule has 0 aliphatic carbocycles. The number of fused-ring (bicyclic) bond motifs is 1. The first-order valence-electron chi connectivity index (χ1n) is 9.88. The molecule has 1 heterocycles. The van der Waals surface area contributed by atoms with Crippen LogP contribution in [0, 0.1) is 0 Å². The lowest BCUT2D eigenvalue weighted by molar-refractivity contribution is -0.156. The Balaban J connectivity index is 2.30. The zero-order valence-corrected chi connectivity index (χ0v) is 18.7. The first-order valence-corrected chi connectivity index (χ1v) is 10.3. The van der Waals surface area contributed by atoms with E-state index in [0.29, 0.717) is 15.8 Å². The minimum absolute atomic E-state index is 0.223. The average Bonchev–Trinajstić information content (AvgIpc) is 2.68. The maximum absolute atomic E-state index is 13.0. The Morgan fingerprint density at radius 3 is 2.48 bits per heavy atom. The third-order valence-corrected chi connectivity index (χ3v) is 4.78. The second-order valence-corrected chi connectivity index (χ2v) is 8.57. The lowest BCUT2D eigenvalue weighted by Crippen LogP contribution is -2.47. The molecule has 2 aromatic rings. The predicted octanol–water partition coefficient (Wildman–Crippen LogP) is 3.36. The molecule has 2 rings (SSSR count).